The van der Waals surface area contributed by atoms with Crippen LogP contribution in [-0.2, 0) is 10.0 Å². The minimum atomic E-state index is -3.42. The van der Waals surface area contributed by atoms with Gasteiger partial charge in [-0.3, -0.25) is 4.99 Å². The molecule has 0 unspecified atom stereocenters. The number of sulfonamides is 1. The zero-order chi connectivity index (χ0) is 18.7. The standard InChI is InChI=1S/C20H30N4O2S/c25-27(26,18-9-5-2-6-10-18)24-15-11-20(12-16-24)19(21-13-14-22-20)23-17-7-3-1-4-8-17/h2,5-6,9-10,17,22H,1,3-4,7-8,11-16H2,(H,21,23). The van der Waals surface area contributed by atoms with Gasteiger partial charge in [0.15, 0.2) is 0 Å². The van der Waals surface area contributed by atoms with E-state index in [2.05, 4.69) is 10.6 Å². The quantitative estimate of drug-likeness (QED) is 0.829. The second kappa shape index (κ2) is 7.89. The summed E-state index contributed by atoms with van der Waals surface area (Å²) in [5.41, 5.74) is -0.196. The molecule has 4 rings (SSSR count). The van der Waals surface area contributed by atoms with E-state index in [-0.39, 0.29) is 5.54 Å². The van der Waals surface area contributed by atoms with Crippen molar-refractivity contribution in [1.82, 2.24) is 14.9 Å². The number of nitrogens with one attached hydrogen (secondary N) is 2. The molecule has 1 spiro atoms. The van der Waals surface area contributed by atoms with E-state index in [0.717, 1.165) is 31.8 Å². The Hall–Kier alpha value is -1.44. The molecular weight excluding hydrogens is 360 g/mol. The Labute approximate surface area is 162 Å². The molecule has 1 aromatic carbocycles. The fourth-order valence-electron chi connectivity index (χ4n) is 4.59. The first kappa shape index (κ1) is 18.9. The second-order valence-corrected chi connectivity index (χ2v) is 9.87. The highest BCUT2D eigenvalue weighted by molar-refractivity contribution is 7.89. The Morgan fingerprint density at radius 1 is 1.07 bits per heavy atom. The summed E-state index contributed by atoms with van der Waals surface area (Å²) in [7, 11) is -3.42. The van der Waals surface area contributed by atoms with Gasteiger partial charge in [0.2, 0.25) is 10.0 Å². The lowest BCUT2D eigenvalue weighted by Gasteiger charge is -2.45. The Kier molecular flexibility index (Phi) is 5.53. The molecule has 1 saturated carbocycles. The predicted octanol–water partition coefficient (Wildman–Crippen LogP) is 2.13. The number of nitrogens with zero attached hydrogens (tertiary/aromatic N) is 2. The summed E-state index contributed by atoms with van der Waals surface area (Å²) in [6, 6.07) is 9.27. The Morgan fingerprint density at radius 2 is 1.78 bits per heavy atom. The zero-order valence-electron chi connectivity index (χ0n) is 15.9. The zero-order valence-corrected chi connectivity index (χ0v) is 16.7. The van der Waals surface area contributed by atoms with Gasteiger partial charge in [-0.1, -0.05) is 37.5 Å². The molecule has 2 heterocycles. The van der Waals surface area contributed by atoms with Crippen LogP contribution in [0.5, 0.6) is 0 Å². The summed E-state index contributed by atoms with van der Waals surface area (Å²) in [5, 5.41) is 7.39. The number of hydrogen-bond donors (Lipinski definition) is 2. The van der Waals surface area contributed by atoms with E-state index < -0.39 is 10.0 Å². The maximum Gasteiger partial charge on any atom is 0.243 e. The van der Waals surface area contributed by atoms with Crippen molar-refractivity contribution < 1.29 is 8.42 Å². The van der Waals surface area contributed by atoms with Crippen LogP contribution in [0.2, 0.25) is 0 Å². The predicted molar refractivity (Wildman–Crippen MR) is 107 cm³/mol. The van der Waals surface area contributed by atoms with Crippen LogP contribution in [0.3, 0.4) is 0 Å². The topological polar surface area (TPSA) is 73.8 Å². The lowest BCUT2D eigenvalue weighted by molar-refractivity contribution is 0.238. The molecular formula is C20H30N4O2S. The van der Waals surface area contributed by atoms with E-state index in [1.807, 2.05) is 6.07 Å². The van der Waals surface area contributed by atoms with Gasteiger partial charge in [0, 0.05) is 25.7 Å². The molecule has 3 aliphatic rings. The van der Waals surface area contributed by atoms with Crippen molar-refractivity contribution in [1.29, 1.82) is 0 Å². The average Bonchev–Trinajstić information content (AvgIpc) is 2.72. The Morgan fingerprint density at radius 3 is 2.48 bits per heavy atom. The molecule has 1 aromatic rings. The average molecular weight is 391 g/mol. The number of aliphatic imine (C=N–C) groups is 1. The van der Waals surface area contributed by atoms with Crippen LogP contribution >= 0.6 is 0 Å². The van der Waals surface area contributed by atoms with Gasteiger partial charge in [-0.25, -0.2) is 8.42 Å². The molecule has 2 N–H and O–H groups in total. The number of hydrogen-bond acceptors (Lipinski definition) is 5. The SMILES string of the molecule is O=S(=O)(c1ccccc1)N1CCC2(CC1)NCCN=C2NC1CCCCC1. The van der Waals surface area contributed by atoms with Crippen LogP contribution in [0.15, 0.2) is 40.2 Å². The van der Waals surface area contributed by atoms with E-state index in [4.69, 9.17) is 4.99 Å². The fourth-order valence-corrected chi connectivity index (χ4v) is 6.05. The number of benzene rings is 1. The van der Waals surface area contributed by atoms with Crippen molar-refractivity contribution in [3.63, 3.8) is 0 Å². The molecule has 0 aromatic heterocycles. The first-order valence-corrected chi connectivity index (χ1v) is 11.7. The summed E-state index contributed by atoms with van der Waals surface area (Å²) in [5.74, 6) is 1.07. The third-order valence-corrected chi connectivity index (χ3v) is 8.11. The highest BCUT2D eigenvalue weighted by Gasteiger charge is 2.43. The number of piperidine rings is 1. The minimum Gasteiger partial charge on any atom is -0.370 e. The molecule has 0 amide bonds. The van der Waals surface area contributed by atoms with Crippen molar-refractivity contribution in [3.8, 4) is 0 Å². The molecule has 0 bridgehead atoms. The first-order chi connectivity index (χ1) is 13.1. The van der Waals surface area contributed by atoms with E-state index in [1.165, 1.54) is 32.1 Å². The van der Waals surface area contributed by atoms with Crippen LogP contribution in [0, 0.1) is 0 Å². The molecule has 148 valence electrons. The monoisotopic (exact) mass is 390 g/mol. The summed E-state index contributed by atoms with van der Waals surface area (Å²) < 4.78 is 27.5. The van der Waals surface area contributed by atoms with Crippen LogP contribution in [0.1, 0.15) is 44.9 Å². The third-order valence-electron chi connectivity index (χ3n) is 6.20. The van der Waals surface area contributed by atoms with Gasteiger partial charge in [-0.05, 0) is 37.8 Å². The Balaban J connectivity index is 1.46. The summed E-state index contributed by atoms with van der Waals surface area (Å²) in [6.07, 6.45) is 7.85. The maximum absolute atomic E-state index is 12.9. The van der Waals surface area contributed by atoms with Gasteiger partial charge in [0.1, 0.15) is 5.84 Å². The molecule has 2 fully saturated rings. The highest BCUT2D eigenvalue weighted by atomic mass is 32.2. The minimum absolute atomic E-state index is 0.196. The van der Waals surface area contributed by atoms with Gasteiger partial charge in [0.05, 0.1) is 17.0 Å². The summed E-state index contributed by atoms with van der Waals surface area (Å²) in [6.45, 7) is 2.70. The smallest absolute Gasteiger partial charge is 0.243 e. The molecule has 2 aliphatic heterocycles. The van der Waals surface area contributed by atoms with Gasteiger partial charge >= 0.3 is 0 Å². The first-order valence-electron chi connectivity index (χ1n) is 10.2. The van der Waals surface area contributed by atoms with Crippen molar-refractivity contribution in [2.75, 3.05) is 26.2 Å². The van der Waals surface area contributed by atoms with Crippen LogP contribution in [0.25, 0.3) is 0 Å². The molecule has 0 atom stereocenters. The van der Waals surface area contributed by atoms with Gasteiger partial charge in [0.25, 0.3) is 0 Å². The van der Waals surface area contributed by atoms with E-state index in [9.17, 15) is 8.42 Å². The lowest BCUT2D eigenvalue weighted by Crippen LogP contribution is -2.65. The highest BCUT2D eigenvalue weighted by Crippen LogP contribution is 2.29. The van der Waals surface area contributed by atoms with Gasteiger partial charge < -0.3 is 10.6 Å². The fraction of sp³-hybridized carbons (Fsp3) is 0.650. The van der Waals surface area contributed by atoms with Crippen LogP contribution in [-0.4, -0.2) is 56.3 Å². The normalized spacial score (nSPS) is 24.5. The van der Waals surface area contributed by atoms with Crippen LogP contribution < -0.4 is 10.6 Å². The van der Waals surface area contributed by atoms with Crippen LogP contribution in [0.4, 0.5) is 0 Å². The third kappa shape index (κ3) is 3.91. The van der Waals surface area contributed by atoms with Crippen molar-refractivity contribution in [3.05, 3.63) is 30.3 Å². The summed E-state index contributed by atoms with van der Waals surface area (Å²) in [4.78, 5) is 5.20. The molecule has 1 saturated heterocycles. The maximum atomic E-state index is 12.9. The second-order valence-electron chi connectivity index (χ2n) is 7.94. The Bertz CT molecular complexity index is 764. The number of rotatable bonds is 3. The van der Waals surface area contributed by atoms with Crippen molar-refractivity contribution in [2.24, 2.45) is 4.99 Å². The molecule has 1 aliphatic carbocycles. The van der Waals surface area contributed by atoms with Gasteiger partial charge in [-0.2, -0.15) is 4.31 Å². The molecule has 27 heavy (non-hydrogen) atoms. The van der Waals surface area contributed by atoms with Crippen molar-refractivity contribution >= 4 is 15.9 Å². The molecule has 7 heteroatoms. The number of amidine groups is 1. The van der Waals surface area contributed by atoms with Gasteiger partial charge in [-0.15, -0.1) is 0 Å². The van der Waals surface area contributed by atoms with E-state index in [1.54, 1.807) is 28.6 Å². The summed E-state index contributed by atoms with van der Waals surface area (Å²) >= 11 is 0. The lowest BCUT2D eigenvalue weighted by atomic mass is 9.84. The van der Waals surface area contributed by atoms with E-state index >= 15 is 0 Å². The molecule has 0 radical (unpaired) electrons. The molecule has 6 nitrogen and oxygen atoms in total. The van der Waals surface area contributed by atoms with E-state index in [0.29, 0.717) is 24.0 Å². The van der Waals surface area contributed by atoms with Crippen molar-refractivity contribution in [2.45, 2.75) is 61.4 Å². The largest absolute Gasteiger partial charge is 0.370 e.